The lowest BCUT2D eigenvalue weighted by molar-refractivity contribution is 0.00578. The molecule has 2 aromatic rings. The van der Waals surface area contributed by atoms with Crippen LogP contribution in [0, 0.1) is 0 Å². The van der Waals surface area contributed by atoms with E-state index < -0.39 is 7.12 Å². The molecule has 0 atom stereocenters. The van der Waals surface area contributed by atoms with Crippen LogP contribution < -0.4 is 5.46 Å². The van der Waals surface area contributed by atoms with Gasteiger partial charge in [0.05, 0.1) is 11.2 Å². The van der Waals surface area contributed by atoms with Gasteiger partial charge in [0.15, 0.2) is 5.78 Å². The monoisotopic (exact) mass is 364 g/mol. The van der Waals surface area contributed by atoms with Crippen LogP contribution in [0.2, 0.25) is 0 Å². The standard InChI is InChI=1S/C23H29BO3/c1-16(2)18-9-7-17(8-10-18)15-21(25)19-11-13-20(14-12-19)24-26-22(3,4)23(5,6)27-24/h7-14,16H,15H2,1-6H3. The van der Waals surface area contributed by atoms with Crippen molar-refractivity contribution in [3.63, 3.8) is 0 Å². The summed E-state index contributed by atoms with van der Waals surface area (Å²) >= 11 is 0. The van der Waals surface area contributed by atoms with Crippen LogP contribution in [0.5, 0.6) is 0 Å². The zero-order valence-electron chi connectivity index (χ0n) is 17.2. The van der Waals surface area contributed by atoms with E-state index in [1.807, 2.05) is 64.1 Å². The van der Waals surface area contributed by atoms with Crippen LogP contribution in [-0.4, -0.2) is 24.1 Å². The first-order chi connectivity index (χ1) is 12.6. The van der Waals surface area contributed by atoms with Crippen LogP contribution in [0.4, 0.5) is 0 Å². The zero-order chi connectivity index (χ0) is 19.8. The predicted molar refractivity (Wildman–Crippen MR) is 111 cm³/mol. The van der Waals surface area contributed by atoms with E-state index in [9.17, 15) is 4.79 Å². The van der Waals surface area contributed by atoms with Gasteiger partial charge < -0.3 is 9.31 Å². The Hall–Kier alpha value is -1.91. The van der Waals surface area contributed by atoms with Crippen molar-refractivity contribution in [3.05, 3.63) is 65.2 Å². The van der Waals surface area contributed by atoms with Crippen molar-refractivity contribution in [1.82, 2.24) is 0 Å². The number of Topliss-reactive ketones (excluding diaryl/α,β-unsaturated/α-hetero) is 1. The molecule has 27 heavy (non-hydrogen) atoms. The number of benzene rings is 2. The molecule has 1 aliphatic rings. The van der Waals surface area contributed by atoms with Crippen LogP contribution in [-0.2, 0) is 15.7 Å². The van der Waals surface area contributed by atoms with Gasteiger partial charge in [-0.3, -0.25) is 4.79 Å². The van der Waals surface area contributed by atoms with E-state index in [4.69, 9.17) is 9.31 Å². The molecule has 0 aromatic heterocycles. The van der Waals surface area contributed by atoms with Crippen molar-refractivity contribution in [1.29, 1.82) is 0 Å². The number of hydrogen-bond acceptors (Lipinski definition) is 3. The van der Waals surface area contributed by atoms with E-state index in [0.717, 1.165) is 11.0 Å². The topological polar surface area (TPSA) is 35.5 Å². The molecule has 2 aromatic carbocycles. The molecule has 142 valence electrons. The number of ketones is 1. The third-order valence-corrected chi connectivity index (χ3v) is 5.77. The lowest BCUT2D eigenvalue weighted by Gasteiger charge is -2.32. The summed E-state index contributed by atoms with van der Waals surface area (Å²) in [5.41, 5.74) is 3.25. The second-order valence-electron chi connectivity index (χ2n) is 8.71. The van der Waals surface area contributed by atoms with Crippen LogP contribution in [0.1, 0.15) is 68.9 Å². The highest BCUT2D eigenvalue weighted by atomic mass is 16.7. The molecule has 0 saturated carbocycles. The summed E-state index contributed by atoms with van der Waals surface area (Å²) in [4.78, 5) is 12.6. The van der Waals surface area contributed by atoms with Gasteiger partial charge in [-0.15, -0.1) is 0 Å². The molecule has 1 aliphatic heterocycles. The highest BCUT2D eigenvalue weighted by molar-refractivity contribution is 6.62. The van der Waals surface area contributed by atoms with Gasteiger partial charge in [-0.1, -0.05) is 62.4 Å². The average molecular weight is 364 g/mol. The highest BCUT2D eigenvalue weighted by Crippen LogP contribution is 2.36. The molecule has 0 unspecified atom stereocenters. The molecule has 1 fully saturated rings. The summed E-state index contributed by atoms with van der Waals surface area (Å²) in [6, 6.07) is 15.9. The van der Waals surface area contributed by atoms with Gasteiger partial charge in [0.25, 0.3) is 0 Å². The summed E-state index contributed by atoms with van der Waals surface area (Å²) in [6.45, 7) is 12.5. The molecule has 0 aliphatic carbocycles. The molecule has 0 bridgehead atoms. The SMILES string of the molecule is CC(C)c1ccc(CC(=O)c2ccc(B3OC(C)(C)C(C)(C)O3)cc2)cc1. The second kappa shape index (κ2) is 7.25. The van der Waals surface area contributed by atoms with Gasteiger partial charge in [-0.05, 0) is 50.2 Å². The maximum atomic E-state index is 12.6. The molecule has 0 spiro atoms. The number of hydrogen-bond donors (Lipinski definition) is 0. The molecular weight excluding hydrogens is 335 g/mol. The lowest BCUT2D eigenvalue weighted by Crippen LogP contribution is -2.41. The quantitative estimate of drug-likeness (QED) is 0.577. The summed E-state index contributed by atoms with van der Waals surface area (Å²) in [5.74, 6) is 0.616. The Kier molecular flexibility index (Phi) is 5.33. The Morgan fingerprint density at radius 3 is 1.89 bits per heavy atom. The first-order valence-corrected chi connectivity index (χ1v) is 9.67. The van der Waals surface area contributed by atoms with E-state index in [-0.39, 0.29) is 17.0 Å². The number of carbonyl (C=O) groups is 1. The average Bonchev–Trinajstić information content (AvgIpc) is 2.83. The molecule has 1 saturated heterocycles. The first kappa shape index (κ1) is 19.8. The van der Waals surface area contributed by atoms with Crippen molar-refractivity contribution >= 4 is 18.4 Å². The Morgan fingerprint density at radius 1 is 0.889 bits per heavy atom. The van der Waals surface area contributed by atoms with Crippen molar-refractivity contribution in [2.75, 3.05) is 0 Å². The van der Waals surface area contributed by atoms with Gasteiger partial charge in [0, 0.05) is 12.0 Å². The lowest BCUT2D eigenvalue weighted by atomic mass is 9.78. The van der Waals surface area contributed by atoms with Gasteiger partial charge in [0.1, 0.15) is 0 Å². The van der Waals surface area contributed by atoms with Crippen molar-refractivity contribution < 1.29 is 14.1 Å². The van der Waals surface area contributed by atoms with Gasteiger partial charge in [0.2, 0.25) is 0 Å². The Bertz CT molecular complexity index is 789. The minimum Gasteiger partial charge on any atom is -0.399 e. The normalized spacial score (nSPS) is 18.1. The molecule has 4 heteroatoms. The maximum absolute atomic E-state index is 12.6. The van der Waals surface area contributed by atoms with Crippen LogP contribution in [0.15, 0.2) is 48.5 Å². The molecule has 0 N–H and O–H groups in total. The summed E-state index contributed by atoms with van der Waals surface area (Å²) in [7, 11) is -0.400. The Labute approximate surface area is 163 Å². The highest BCUT2D eigenvalue weighted by Gasteiger charge is 2.51. The Morgan fingerprint density at radius 2 is 1.41 bits per heavy atom. The van der Waals surface area contributed by atoms with E-state index in [0.29, 0.717) is 17.9 Å². The summed E-state index contributed by atoms with van der Waals surface area (Å²) in [6.07, 6.45) is 0.411. The van der Waals surface area contributed by atoms with E-state index in [1.54, 1.807) is 0 Å². The Balaban J connectivity index is 1.67. The number of carbonyl (C=O) groups excluding carboxylic acids is 1. The summed E-state index contributed by atoms with van der Waals surface area (Å²) < 4.78 is 12.1. The maximum Gasteiger partial charge on any atom is 0.494 e. The number of rotatable bonds is 5. The minimum atomic E-state index is -0.400. The van der Waals surface area contributed by atoms with Crippen molar-refractivity contribution in [2.24, 2.45) is 0 Å². The second-order valence-corrected chi connectivity index (χ2v) is 8.71. The fraction of sp³-hybridized carbons (Fsp3) is 0.435. The van der Waals surface area contributed by atoms with Gasteiger partial charge in [-0.25, -0.2) is 0 Å². The molecule has 0 amide bonds. The molecule has 1 heterocycles. The van der Waals surface area contributed by atoms with Crippen molar-refractivity contribution in [3.8, 4) is 0 Å². The predicted octanol–water partition coefficient (Wildman–Crippen LogP) is 4.53. The van der Waals surface area contributed by atoms with Crippen molar-refractivity contribution in [2.45, 2.75) is 65.1 Å². The van der Waals surface area contributed by atoms with E-state index >= 15 is 0 Å². The molecule has 3 rings (SSSR count). The smallest absolute Gasteiger partial charge is 0.399 e. The van der Waals surface area contributed by atoms with Gasteiger partial charge in [-0.2, -0.15) is 0 Å². The largest absolute Gasteiger partial charge is 0.494 e. The van der Waals surface area contributed by atoms with Crippen LogP contribution >= 0.6 is 0 Å². The minimum absolute atomic E-state index is 0.118. The van der Waals surface area contributed by atoms with Crippen LogP contribution in [0.3, 0.4) is 0 Å². The fourth-order valence-corrected chi connectivity index (χ4v) is 3.11. The van der Waals surface area contributed by atoms with E-state index in [1.165, 1.54) is 5.56 Å². The third-order valence-electron chi connectivity index (χ3n) is 5.77. The molecule has 3 nitrogen and oxygen atoms in total. The zero-order valence-corrected chi connectivity index (χ0v) is 17.2. The van der Waals surface area contributed by atoms with E-state index in [2.05, 4.69) is 26.0 Å². The molecule has 0 radical (unpaired) electrons. The van der Waals surface area contributed by atoms with Gasteiger partial charge >= 0.3 is 7.12 Å². The van der Waals surface area contributed by atoms with Crippen LogP contribution in [0.25, 0.3) is 0 Å². The third kappa shape index (κ3) is 4.17. The summed E-state index contributed by atoms with van der Waals surface area (Å²) in [5, 5.41) is 0. The fourth-order valence-electron chi connectivity index (χ4n) is 3.11. The molecular formula is C23H29BO3. The first-order valence-electron chi connectivity index (χ1n) is 9.67.